The molecule has 160 valence electrons. The molecule has 3 aromatic rings. The Balaban J connectivity index is 1.82. The third-order valence-corrected chi connectivity index (χ3v) is 9.83. The number of benzene rings is 3. The molecule has 3 unspecified atom stereocenters. The maximum Gasteiger partial charge on any atom is 0.157 e. The molecule has 1 fully saturated rings. The molecule has 2 aliphatic carbocycles. The zero-order valence-corrected chi connectivity index (χ0v) is 19.7. The van der Waals surface area contributed by atoms with Gasteiger partial charge in [-0.1, -0.05) is 83.0 Å². The van der Waals surface area contributed by atoms with E-state index in [1.807, 2.05) is 12.1 Å². The summed E-state index contributed by atoms with van der Waals surface area (Å²) in [6.45, 7) is 0. The lowest BCUT2D eigenvalue weighted by Crippen LogP contribution is -2.47. The Labute approximate surface area is 191 Å². The number of allylic oxidation sites excluding steroid dienone is 1. The summed E-state index contributed by atoms with van der Waals surface area (Å²) < 4.78 is 40.4. The van der Waals surface area contributed by atoms with Crippen molar-refractivity contribution in [2.75, 3.05) is 6.26 Å². The van der Waals surface area contributed by atoms with E-state index < -0.39 is 14.6 Å². The molecule has 0 radical (unpaired) electrons. The van der Waals surface area contributed by atoms with Gasteiger partial charge in [-0.2, -0.15) is 0 Å². The van der Waals surface area contributed by atoms with E-state index in [1.54, 1.807) is 12.1 Å². The van der Waals surface area contributed by atoms with Crippen LogP contribution in [0.25, 0.3) is 16.8 Å². The first-order valence-electron chi connectivity index (χ1n) is 10.6. The Hall–Kier alpha value is -1.98. The second kappa shape index (κ2) is 7.56. The van der Waals surface area contributed by atoms with Gasteiger partial charge in [0.25, 0.3) is 0 Å². The minimum absolute atomic E-state index is 0.134. The van der Waals surface area contributed by atoms with Crippen LogP contribution in [0.3, 0.4) is 0 Å². The highest BCUT2D eigenvalue weighted by atomic mass is 79.9. The Morgan fingerprint density at radius 1 is 1.13 bits per heavy atom. The van der Waals surface area contributed by atoms with E-state index in [1.165, 1.54) is 12.3 Å². The van der Waals surface area contributed by atoms with Crippen molar-refractivity contribution >= 4 is 42.6 Å². The number of alkyl halides is 1. The molecular weight excluding hydrogens is 475 g/mol. The molecule has 0 aliphatic heterocycles. The summed E-state index contributed by atoms with van der Waals surface area (Å²) in [5.41, 5.74) is 3.39. The Morgan fingerprint density at radius 2 is 1.94 bits per heavy atom. The molecule has 5 rings (SSSR count). The highest BCUT2D eigenvalue weighted by molar-refractivity contribution is 9.08. The van der Waals surface area contributed by atoms with Gasteiger partial charge < -0.3 is 0 Å². The van der Waals surface area contributed by atoms with E-state index in [0.29, 0.717) is 22.9 Å². The first kappa shape index (κ1) is 20.9. The van der Waals surface area contributed by atoms with E-state index in [9.17, 15) is 12.8 Å². The predicted octanol–water partition coefficient (Wildman–Crippen LogP) is 6.72. The largest absolute Gasteiger partial charge is 0.228 e. The van der Waals surface area contributed by atoms with E-state index in [2.05, 4.69) is 52.3 Å². The van der Waals surface area contributed by atoms with Gasteiger partial charge in [0.2, 0.25) is 0 Å². The van der Waals surface area contributed by atoms with Gasteiger partial charge in [-0.25, -0.2) is 12.8 Å². The quantitative estimate of drug-likeness (QED) is 0.375. The Bertz CT molecular complexity index is 1310. The van der Waals surface area contributed by atoms with E-state index in [4.69, 9.17) is 0 Å². The number of sulfone groups is 1. The van der Waals surface area contributed by atoms with Crippen LogP contribution in [0.15, 0.2) is 60.7 Å². The zero-order valence-electron chi connectivity index (χ0n) is 17.3. The van der Waals surface area contributed by atoms with Crippen molar-refractivity contribution in [1.82, 2.24) is 0 Å². The molecule has 31 heavy (non-hydrogen) atoms. The minimum Gasteiger partial charge on any atom is -0.228 e. The van der Waals surface area contributed by atoms with E-state index >= 15 is 0 Å². The van der Waals surface area contributed by atoms with Crippen LogP contribution in [0, 0.1) is 11.7 Å². The van der Waals surface area contributed by atoms with Gasteiger partial charge in [0.1, 0.15) is 10.6 Å². The summed E-state index contributed by atoms with van der Waals surface area (Å²) in [5.74, 6) is -0.379. The summed E-state index contributed by atoms with van der Waals surface area (Å²) in [4.78, 5) is 0. The first-order chi connectivity index (χ1) is 14.9. The lowest BCUT2D eigenvalue weighted by molar-refractivity contribution is 0.273. The summed E-state index contributed by atoms with van der Waals surface area (Å²) in [6, 6.07) is 17.3. The Morgan fingerprint density at radius 3 is 2.71 bits per heavy atom. The highest BCUT2D eigenvalue weighted by Crippen LogP contribution is 2.58. The van der Waals surface area contributed by atoms with E-state index in [0.717, 1.165) is 34.7 Å². The highest BCUT2D eigenvalue weighted by Gasteiger charge is 2.55. The van der Waals surface area contributed by atoms with Crippen LogP contribution in [-0.4, -0.2) is 14.7 Å². The number of fused-ring (bicyclic) bond motifs is 5. The average molecular weight is 499 g/mol. The fraction of sp³-hybridized carbons (Fsp3) is 0.308. The normalized spacial score (nSPS) is 25.3. The van der Waals surface area contributed by atoms with E-state index in [-0.39, 0.29) is 17.7 Å². The summed E-state index contributed by atoms with van der Waals surface area (Å²) in [6.07, 6.45) is 8.05. The maximum absolute atomic E-state index is 14.3. The lowest BCUT2D eigenvalue weighted by Gasteiger charge is -2.48. The standard InChI is InChI=1S/C26H24BrFO2S/c1-31(29,30)26(20-10-13-24(28)19(15-20)16-27)14-4-6-18-9-11-22-21-7-3-2-5-17(21)8-12-23(22)25(18)26/h2-3,5,7-13,15,18,25H,4,6,14,16H2,1H3. The van der Waals surface area contributed by atoms with Gasteiger partial charge >= 0.3 is 0 Å². The lowest BCUT2D eigenvalue weighted by atomic mass is 9.62. The Kier molecular flexibility index (Phi) is 5.10. The van der Waals surface area contributed by atoms with Crippen molar-refractivity contribution in [3.05, 3.63) is 88.7 Å². The average Bonchev–Trinajstić information content (AvgIpc) is 2.77. The zero-order chi connectivity index (χ0) is 21.8. The molecule has 2 nitrogen and oxygen atoms in total. The maximum atomic E-state index is 14.3. The molecule has 0 aromatic heterocycles. The minimum atomic E-state index is -3.52. The summed E-state index contributed by atoms with van der Waals surface area (Å²) in [5, 5.41) is 2.64. The second-order valence-electron chi connectivity index (χ2n) is 8.78. The third-order valence-electron chi connectivity index (χ3n) is 7.21. The first-order valence-corrected chi connectivity index (χ1v) is 13.6. The van der Waals surface area contributed by atoms with Crippen LogP contribution in [0.2, 0.25) is 0 Å². The summed E-state index contributed by atoms with van der Waals surface area (Å²) in [7, 11) is -3.52. The molecule has 5 heteroatoms. The topological polar surface area (TPSA) is 34.1 Å². The van der Waals surface area contributed by atoms with Crippen molar-refractivity contribution in [1.29, 1.82) is 0 Å². The van der Waals surface area contributed by atoms with Crippen LogP contribution < -0.4 is 0 Å². The SMILES string of the molecule is CS(=O)(=O)C1(c2ccc(F)c(CBr)c2)CCCC2C=Cc3c(ccc4ccccc34)C21. The van der Waals surface area contributed by atoms with Crippen molar-refractivity contribution in [2.24, 2.45) is 5.92 Å². The second-order valence-corrected chi connectivity index (χ2v) is 11.6. The molecule has 0 saturated heterocycles. The fourth-order valence-corrected chi connectivity index (χ4v) is 8.10. The molecule has 0 N–H and O–H groups in total. The van der Waals surface area contributed by atoms with Gasteiger partial charge in [0.15, 0.2) is 9.84 Å². The van der Waals surface area contributed by atoms with Gasteiger partial charge in [0, 0.05) is 17.5 Å². The van der Waals surface area contributed by atoms with Crippen molar-refractivity contribution in [3.8, 4) is 0 Å². The molecule has 2 aliphatic rings. The number of hydrogen-bond acceptors (Lipinski definition) is 2. The van der Waals surface area contributed by atoms with Gasteiger partial charge in [0.05, 0.1) is 0 Å². The molecule has 1 saturated carbocycles. The fourth-order valence-electron chi connectivity index (χ4n) is 5.84. The molecule has 3 aromatic carbocycles. The van der Waals surface area contributed by atoms with Gasteiger partial charge in [-0.3, -0.25) is 0 Å². The third kappa shape index (κ3) is 3.12. The summed E-state index contributed by atoms with van der Waals surface area (Å²) >= 11 is 3.36. The monoisotopic (exact) mass is 498 g/mol. The van der Waals surface area contributed by atoms with Gasteiger partial charge in [-0.05, 0) is 57.9 Å². The van der Waals surface area contributed by atoms with Gasteiger partial charge in [-0.15, -0.1) is 0 Å². The smallest absolute Gasteiger partial charge is 0.157 e. The number of halogens is 2. The molecule has 0 heterocycles. The van der Waals surface area contributed by atoms with Crippen LogP contribution in [0.4, 0.5) is 4.39 Å². The number of hydrogen-bond donors (Lipinski definition) is 0. The van der Waals surface area contributed by atoms with Crippen LogP contribution in [0.1, 0.15) is 47.4 Å². The molecule has 3 atom stereocenters. The van der Waals surface area contributed by atoms with Crippen LogP contribution >= 0.6 is 15.9 Å². The molecular formula is C26H24BrFO2S. The number of rotatable bonds is 3. The molecule has 0 spiro atoms. The van der Waals surface area contributed by atoms with Crippen molar-refractivity contribution < 1.29 is 12.8 Å². The van der Waals surface area contributed by atoms with Crippen LogP contribution in [-0.2, 0) is 19.9 Å². The van der Waals surface area contributed by atoms with Crippen LogP contribution in [0.5, 0.6) is 0 Å². The van der Waals surface area contributed by atoms with Crippen molar-refractivity contribution in [3.63, 3.8) is 0 Å². The predicted molar refractivity (Wildman–Crippen MR) is 129 cm³/mol. The van der Waals surface area contributed by atoms with Crippen molar-refractivity contribution in [2.45, 2.75) is 35.3 Å². The molecule has 0 amide bonds. The molecule has 0 bridgehead atoms.